The molecule has 1 aliphatic carbocycles. The summed E-state index contributed by atoms with van der Waals surface area (Å²) < 4.78 is 0. The minimum atomic E-state index is -0.305. The van der Waals surface area contributed by atoms with Gasteiger partial charge in [-0.25, -0.2) is 0 Å². The highest BCUT2D eigenvalue weighted by Crippen LogP contribution is 2.43. The van der Waals surface area contributed by atoms with E-state index in [0.717, 1.165) is 18.8 Å². The summed E-state index contributed by atoms with van der Waals surface area (Å²) in [6.07, 6.45) is 5.70. The molecule has 0 radical (unpaired) electrons. The van der Waals surface area contributed by atoms with Gasteiger partial charge in [0.15, 0.2) is 0 Å². The molecule has 2 heteroatoms. The van der Waals surface area contributed by atoms with Crippen molar-refractivity contribution in [3.05, 3.63) is 0 Å². The largest absolute Gasteiger partial charge is 0.390 e. The van der Waals surface area contributed by atoms with Gasteiger partial charge in [0.1, 0.15) is 0 Å². The molecule has 82 valence electrons. The highest BCUT2D eigenvalue weighted by atomic mass is 16.3. The molecule has 2 nitrogen and oxygen atoms in total. The molecule has 0 aromatic rings. The Hall–Kier alpha value is -0.0800. The fraction of sp³-hybridized carbons (Fsp3) is 1.00. The third kappa shape index (κ3) is 1.96. The van der Waals surface area contributed by atoms with Crippen molar-refractivity contribution >= 4 is 0 Å². The number of likely N-dealkylation sites (tertiary alicyclic amines) is 1. The van der Waals surface area contributed by atoms with Crippen LogP contribution in [0.15, 0.2) is 0 Å². The molecule has 1 N–H and O–H groups in total. The number of aliphatic hydroxyl groups is 1. The minimum Gasteiger partial charge on any atom is -0.390 e. The Morgan fingerprint density at radius 1 is 1.21 bits per heavy atom. The molecule has 2 fully saturated rings. The van der Waals surface area contributed by atoms with Gasteiger partial charge in [-0.05, 0) is 64.1 Å². The fourth-order valence-electron chi connectivity index (χ4n) is 3.22. The Labute approximate surface area is 87.3 Å². The molecule has 1 heterocycles. The summed E-state index contributed by atoms with van der Waals surface area (Å²) in [6.45, 7) is 4.61. The Morgan fingerprint density at radius 3 is 2.36 bits per heavy atom. The third-order valence-corrected chi connectivity index (χ3v) is 4.25. The lowest BCUT2D eigenvalue weighted by atomic mass is 9.79. The predicted octanol–water partition coefficient (Wildman–Crippen LogP) is 1.88. The fourth-order valence-corrected chi connectivity index (χ4v) is 3.22. The standard InChI is InChI=1S/C12H23NO/c1-10-3-6-12(14,9-10)11-4-7-13(2)8-5-11/h10-11,14H,3-9H2,1-2H3. The third-order valence-electron chi connectivity index (χ3n) is 4.25. The van der Waals surface area contributed by atoms with Crippen LogP contribution in [-0.4, -0.2) is 35.7 Å². The van der Waals surface area contributed by atoms with E-state index in [2.05, 4.69) is 18.9 Å². The van der Waals surface area contributed by atoms with E-state index in [1.165, 1.54) is 32.4 Å². The Morgan fingerprint density at radius 2 is 1.86 bits per heavy atom. The topological polar surface area (TPSA) is 23.5 Å². The first kappa shape index (κ1) is 10.4. The van der Waals surface area contributed by atoms with Crippen LogP contribution in [0, 0.1) is 11.8 Å². The molecule has 0 bridgehead atoms. The highest BCUT2D eigenvalue weighted by Gasteiger charge is 2.42. The molecule has 1 aliphatic heterocycles. The summed E-state index contributed by atoms with van der Waals surface area (Å²) in [5.41, 5.74) is -0.305. The Balaban J connectivity index is 1.94. The van der Waals surface area contributed by atoms with Crippen molar-refractivity contribution in [3.8, 4) is 0 Å². The van der Waals surface area contributed by atoms with Crippen molar-refractivity contribution in [3.63, 3.8) is 0 Å². The van der Waals surface area contributed by atoms with E-state index < -0.39 is 0 Å². The van der Waals surface area contributed by atoms with Crippen LogP contribution in [0.5, 0.6) is 0 Å². The van der Waals surface area contributed by atoms with E-state index in [4.69, 9.17) is 0 Å². The number of hydrogen-bond acceptors (Lipinski definition) is 2. The Bertz CT molecular complexity index is 198. The molecule has 2 atom stereocenters. The van der Waals surface area contributed by atoms with Crippen molar-refractivity contribution in [2.75, 3.05) is 20.1 Å². The molecular formula is C12H23NO. The molecule has 2 aliphatic rings. The minimum absolute atomic E-state index is 0.305. The zero-order valence-electron chi connectivity index (χ0n) is 9.50. The van der Waals surface area contributed by atoms with Crippen molar-refractivity contribution in [2.24, 2.45) is 11.8 Å². The van der Waals surface area contributed by atoms with Crippen LogP contribution in [0.1, 0.15) is 39.0 Å². The van der Waals surface area contributed by atoms with Gasteiger partial charge in [0.2, 0.25) is 0 Å². The Kier molecular flexibility index (Phi) is 2.85. The van der Waals surface area contributed by atoms with Crippen LogP contribution in [-0.2, 0) is 0 Å². The first-order valence-corrected chi connectivity index (χ1v) is 6.01. The summed E-state index contributed by atoms with van der Waals surface area (Å²) >= 11 is 0. The maximum absolute atomic E-state index is 10.6. The normalized spacial score (nSPS) is 41.8. The lowest BCUT2D eigenvalue weighted by Gasteiger charge is -2.38. The zero-order chi connectivity index (χ0) is 10.2. The van der Waals surface area contributed by atoms with Gasteiger partial charge in [-0.3, -0.25) is 0 Å². The quantitative estimate of drug-likeness (QED) is 0.694. The average molecular weight is 197 g/mol. The maximum Gasteiger partial charge on any atom is 0.0679 e. The monoisotopic (exact) mass is 197 g/mol. The van der Waals surface area contributed by atoms with Crippen LogP contribution in [0.4, 0.5) is 0 Å². The molecule has 0 aromatic heterocycles. The van der Waals surface area contributed by atoms with Gasteiger partial charge in [0.25, 0.3) is 0 Å². The molecule has 1 saturated heterocycles. The van der Waals surface area contributed by atoms with Crippen LogP contribution >= 0.6 is 0 Å². The summed E-state index contributed by atoms with van der Waals surface area (Å²) in [6, 6.07) is 0. The van der Waals surface area contributed by atoms with Crippen LogP contribution in [0.25, 0.3) is 0 Å². The second-order valence-corrected chi connectivity index (χ2v) is 5.53. The van der Waals surface area contributed by atoms with Crippen LogP contribution < -0.4 is 0 Å². The van der Waals surface area contributed by atoms with E-state index in [9.17, 15) is 5.11 Å². The van der Waals surface area contributed by atoms with Gasteiger partial charge in [-0.1, -0.05) is 6.92 Å². The summed E-state index contributed by atoms with van der Waals surface area (Å²) in [5.74, 6) is 1.31. The molecule has 2 rings (SSSR count). The van der Waals surface area contributed by atoms with Crippen LogP contribution in [0.3, 0.4) is 0 Å². The first-order valence-electron chi connectivity index (χ1n) is 6.01. The van der Waals surface area contributed by atoms with Gasteiger partial charge in [-0.15, -0.1) is 0 Å². The van der Waals surface area contributed by atoms with Crippen molar-refractivity contribution in [2.45, 2.75) is 44.6 Å². The SMILES string of the molecule is CC1CCC(O)(C2CCN(C)CC2)C1. The lowest BCUT2D eigenvalue weighted by Crippen LogP contribution is -2.42. The van der Waals surface area contributed by atoms with Crippen LogP contribution in [0.2, 0.25) is 0 Å². The lowest BCUT2D eigenvalue weighted by molar-refractivity contribution is -0.0374. The second kappa shape index (κ2) is 3.82. The highest BCUT2D eigenvalue weighted by molar-refractivity contribution is 4.94. The van der Waals surface area contributed by atoms with Crippen molar-refractivity contribution in [1.82, 2.24) is 4.90 Å². The molecule has 1 saturated carbocycles. The number of rotatable bonds is 1. The summed E-state index contributed by atoms with van der Waals surface area (Å²) in [5, 5.41) is 10.6. The van der Waals surface area contributed by atoms with E-state index in [0.29, 0.717) is 5.92 Å². The zero-order valence-corrected chi connectivity index (χ0v) is 9.50. The predicted molar refractivity (Wildman–Crippen MR) is 58.2 cm³/mol. The molecular weight excluding hydrogens is 174 g/mol. The van der Waals surface area contributed by atoms with Gasteiger partial charge in [0, 0.05) is 0 Å². The maximum atomic E-state index is 10.6. The van der Waals surface area contributed by atoms with Gasteiger partial charge >= 0.3 is 0 Å². The molecule has 0 amide bonds. The van der Waals surface area contributed by atoms with Crippen molar-refractivity contribution in [1.29, 1.82) is 0 Å². The van der Waals surface area contributed by atoms with E-state index in [1.807, 2.05) is 0 Å². The van der Waals surface area contributed by atoms with Gasteiger partial charge < -0.3 is 10.0 Å². The van der Waals surface area contributed by atoms with Gasteiger partial charge in [-0.2, -0.15) is 0 Å². The van der Waals surface area contributed by atoms with E-state index in [-0.39, 0.29) is 5.60 Å². The summed E-state index contributed by atoms with van der Waals surface area (Å²) in [4.78, 5) is 2.37. The smallest absolute Gasteiger partial charge is 0.0679 e. The average Bonchev–Trinajstić information content (AvgIpc) is 2.48. The summed E-state index contributed by atoms with van der Waals surface area (Å²) in [7, 11) is 2.18. The number of piperidine rings is 1. The molecule has 2 unspecified atom stereocenters. The molecule has 0 aromatic carbocycles. The molecule has 0 spiro atoms. The van der Waals surface area contributed by atoms with E-state index >= 15 is 0 Å². The molecule has 14 heavy (non-hydrogen) atoms. The second-order valence-electron chi connectivity index (χ2n) is 5.53. The number of nitrogens with zero attached hydrogens (tertiary/aromatic N) is 1. The van der Waals surface area contributed by atoms with E-state index in [1.54, 1.807) is 0 Å². The number of hydrogen-bond donors (Lipinski definition) is 1. The first-order chi connectivity index (χ1) is 6.60. The van der Waals surface area contributed by atoms with Gasteiger partial charge in [0.05, 0.1) is 5.60 Å². The van der Waals surface area contributed by atoms with Crippen molar-refractivity contribution < 1.29 is 5.11 Å².